The van der Waals surface area contributed by atoms with Crippen molar-refractivity contribution in [3.05, 3.63) is 90.5 Å². The first kappa shape index (κ1) is 26.2. The Labute approximate surface area is 216 Å². The van der Waals surface area contributed by atoms with E-state index in [1.54, 1.807) is 0 Å². The van der Waals surface area contributed by atoms with Gasteiger partial charge in [-0.3, -0.25) is 4.90 Å². The number of nitrogens with zero attached hydrogens (tertiary/aromatic N) is 2. The van der Waals surface area contributed by atoms with Gasteiger partial charge in [0.2, 0.25) is 0 Å². The topological polar surface area (TPSA) is 42.0 Å². The smallest absolute Gasteiger partial charge is 0.338 e. The second kappa shape index (κ2) is 12.4. The van der Waals surface area contributed by atoms with Gasteiger partial charge in [-0.25, -0.2) is 4.79 Å². The molecule has 0 saturated heterocycles. The van der Waals surface area contributed by atoms with Gasteiger partial charge >= 0.3 is 5.97 Å². The van der Waals surface area contributed by atoms with Crippen molar-refractivity contribution in [1.29, 1.82) is 0 Å². The summed E-state index contributed by atoms with van der Waals surface area (Å²) in [6, 6.07) is 15.9. The van der Waals surface area contributed by atoms with Crippen LogP contribution in [0.5, 0.6) is 5.75 Å². The van der Waals surface area contributed by atoms with Crippen molar-refractivity contribution in [3.63, 3.8) is 0 Å². The number of hydrogen-bond donors (Lipinski definition) is 0. The Hall–Kier alpha value is -2.89. The highest BCUT2D eigenvalue weighted by Gasteiger charge is 2.46. The summed E-state index contributed by atoms with van der Waals surface area (Å²) < 4.78 is 12.6. The summed E-state index contributed by atoms with van der Waals surface area (Å²) in [5.74, 6) is 0.818. The summed E-state index contributed by atoms with van der Waals surface area (Å²) in [6.07, 6.45) is 9.00. The van der Waals surface area contributed by atoms with Gasteiger partial charge in [-0.05, 0) is 68.1 Å². The molecule has 1 aliphatic carbocycles. The van der Waals surface area contributed by atoms with Crippen LogP contribution in [0.15, 0.2) is 73.8 Å². The molecule has 1 heterocycles. The Morgan fingerprint density at radius 3 is 2.50 bits per heavy atom. The first-order chi connectivity index (χ1) is 17.5. The molecule has 1 fully saturated rings. The average Bonchev–Trinajstić information content (AvgIpc) is 2.89. The van der Waals surface area contributed by atoms with Crippen LogP contribution in [0.2, 0.25) is 0 Å². The lowest BCUT2D eigenvalue weighted by atomic mass is 9.70. The minimum atomic E-state index is -0.479. The van der Waals surface area contributed by atoms with Crippen molar-refractivity contribution >= 4 is 5.97 Å². The lowest BCUT2D eigenvalue weighted by molar-refractivity contribution is -0.0609. The molecular formula is C31H40N2O3. The molecule has 0 N–H and O–H groups in total. The molecule has 1 unspecified atom stereocenters. The second-order valence-electron chi connectivity index (χ2n) is 10.2. The molecule has 0 aromatic heterocycles. The van der Waals surface area contributed by atoms with E-state index in [4.69, 9.17) is 9.47 Å². The number of ether oxygens (including phenoxy) is 2. The molecule has 0 radical (unpaired) electrons. The number of fused-ring (bicyclic) bond motifs is 1. The number of esters is 1. The number of rotatable bonds is 11. The molecule has 1 atom stereocenters. The van der Waals surface area contributed by atoms with E-state index in [1.807, 2.05) is 42.5 Å². The molecule has 36 heavy (non-hydrogen) atoms. The molecule has 5 heteroatoms. The highest BCUT2D eigenvalue weighted by molar-refractivity contribution is 5.89. The number of carbonyl (C=O) groups excluding carboxylic acids is 1. The van der Waals surface area contributed by atoms with Crippen LogP contribution < -0.4 is 4.74 Å². The molecule has 4 rings (SSSR count). The van der Waals surface area contributed by atoms with Crippen LogP contribution in [0, 0.1) is 0 Å². The van der Waals surface area contributed by atoms with E-state index < -0.39 is 5.60 Å². The highest BCUT2D eigenvalue weighted by Crippen LogP contribution is 2.47. The van der Waals surface area contributed by atoms with Gasteiger partial charge in [-0.15, -0.1) is 13.2 Å². The van der Waals surface area contributed by atoms with Gasteiger partial charge in [-0.2, -0.15) is 0 Å². The van der Waals surface area contributed by atoms with Crippen molar-refractivity contribution < 1.29 is 14.3 Å². The molecule has 0 amide bonds. The maximum Gasteiger partial charge on any atom is 0.338 e. The SMILES string of the molecule is C=CCN(CC=C)CCOc1ccc2c(c1)CN(C)CC2C1(OC(=O)c2ccccc2)CCCCC1. The van der Waals surface area contributed by atoms with Crippen molar-refractivity contribution in [1.82, 2.24) is 9.80 Å². The molecule has 1 aliphatic heterocycles. The Morgan fingerprint density at radius 2 is 1.81 bits per heavy atom. The second-order valence-corrected chi connectivity index (χ2v) is 10.2. The maximum absolute atomic E-state index is 13.2. The van der Waals surface area contributed by atoms with E-state index in [1.165, 1.54) is 17.5 Å². The molecular weight excluding hydrogens is 448 g/mol. The Balaban J connectivity index is 1.53. The standard InChI is InChI=1S/C31H40N2O3/c1-4-18-33(19-5-2)20-21-35-27-14-15-28-26(22-27)23-32(3)24-29(28)31(16-10-7-11-17-31)36-30(34)25-12-8-6-9-13-25/h4-6,8-9,12-15,22,29H,1-2,7,10-11,16-21,23-24H2,3H3. The zero-order valence-electron chi connectivity index (χ0n) is 21.7. The average molecular weight is 489 g/mol. The first-order valence-electron chi connectivity index (χ1n) is 13.2. The fourth-order valence-electron chi connectivity index (χ4n) is 5.77. The van der Waals surface area contributed by atoms with Crippen LogP contribution in [0.3, 0.4) is 0 Å². The van der Waals surface area contributed by atoms with E-state index in [9.17, 15) is 4.79 Å². The molecule has 5 nitrogen and oxygen atoms in total. The van der Waals surface area contributed by atoms with E-state index in [-0.39, 0.29) is 11.9 Å². The van der Waals surface area contributed by atoms with Gasteiger partial charge in [0.25, 0.3) is 0 Å². The van der Waals surface area contributed by atoms with Gasteiger partial charge in [0, 0.05) is 38.6 Å². The lowest BCUT2D eigenvalue weighted by Crippen LogP contribution is -2.49. The molecule has 192 valence electrons. The molecule has 1 saturated carbocycles. The Kier molecular flexibility index (Phi) is 9.00. The van der Waals surface area contributed by atoms with Crippen LogP contribution in [-0.4, -0.2) is 61.2 Å². The quantitative estimate of drug-likeness (QED) is 0.294. The first-order valence-corrected chi connectivity index (χ1v) is 13.2. The van der Waals surface area contributed by atoms with Gasteiger partial charge in [0.1, 0.15) is 18.0 Å². The summed E-state index contributed by atoms with van der Waals surface area (Å²) in [4.78, 5) is 17.8. The van der Waals surface area contributed by atoms with Crippen molar-refractivity contribution in [2.24, 2.45) is 0 Å². The van der Waals surface area contributed by atoms with E-state index >= 15 is 0 Å². The van der Waals surface area contributed by atoms with Crippen molar-refractivity contribution in [2.75, 3.05) is 39.8 Å². The lowest BCUT2D eigenvalue weighted by Gasteiger charge is -2.47. The highest BCUT2D eigenvalue weighted by atomic mass is 16.6. The fourth-order valence-corrected chi connectivity index (χ4v) is 5.77. The van der Waals surface area contributed by atoms with Gasteiger partial charge < -0.3 is 14.4 Å². The van der Waals surface area contributed by atoms with E-state index in [0.29, 0.717) is 12.2 Å². The molecule has 0 bridgehead atoms. The van der Waals surface area contributed by atoms with Crippen LogP contribution in [-0.2, 0) is 11.3 Å². The summed E-state index contributed by atoms with van der Waals surface area (Å²) in [7, 11) is 2.15. The van der Waals surface area contributed by atoms with E-state index in [2.05, 4.69) is 48.2 Å². The summed E-state index contributed by atoms with van der Waals surface area (Å²) >= 11 is 0. The van der Waals surface area contributed by atoms with Gasteiger partial charge in [0.15, 0.2) is 0 Å². The Bertz CT molecular complexity index is 1020. The minimum absolute atomic E-state index is 0.143. The monoisotopic (exact) mass is 488 g/mol. The Morgan fingerprint density at radius 1 is 1.08 bits per heavy atom. The summed E-state index contributed by atoms with van der Waals surface area (Å²) in [6.45, 7) is 12.5. The van der Waals surface area contributed by atoms with E-state index in [0.717, 1.165) is 64.2 Å². The van der Waals surface area contributed by atoms with Crippen molar-refractivity contribution in [3.8, 4) is 5.75 Å². The minimum Gasteiger partial charge on any atom is -0.492 e. The molecule has 2 aromatic carbocycles. The van der Waals surface area contributed by atoms with Crippen molar-refractivity contribution in [2.45, 2.75) is 50.2 Å². The molecule has 2 aromatic rings. The number of hydrogen-bond acceptors (Lipinski definition) is 5. The number of carbonyl (C=O) groups is 1. The predicted octanol–water partition coefficient (Wildman–Crippen LogP) is 5.83. The summed E-state index contributed by atoms with van der Waals surface area (Å²) in [5, 5.41) is 0. The van der Waals surface area contributed by atoms with Crippen LogP contribution in [0.1, 0.15) is 59.5 Å². The third-order valence-electron chi connectivity index (χ3n) is 7.52. The zero-order chi connectivity index (χ0) is 25.4. The van der Waals surface area contributed by atoms with Crippen LogP contribution in [0.25, 0.3) is 0 Å². The van der Waals surface area contributed by atoms with Crippen LogP contribution >= 0.6 is 0 Å². The fraction of sp³-hybridized carbons (Fsp3) is 0.452. The molecule has 0 spiro atoms. The normalized spacial score (nSPS) is 19.3. The third kappa shape index (κ3) is 6.26. The predicted molar refractivity (Wildman–Crippen MR) is 146 cm³/mol. The maximum atomic E-state index is 13.2. The largest absolute Gasteiger partial charge is 0.492 e. The van der Waals surface area contributed by atoms with Gasteiger partial charge in [-0.1, -0.05) is 42.8 Å². The zero-order valence-corrected chi connectivity index (χ0v) is 21.7. The number of likely N-dealkylation sites (N-methyl/N-ethyl adjacent to an activating group) is 1. The van der Waals surface area contributed by atoms with Gasteiger partial charge in [0.05, 0.1) is 5.56 Å². The van der Waals surface area contributed by atoms with Crippen LogP contribution in [0.4, 0.5) is 0 Å². The summed E-state index contributed by atoms with van der Waals surface area (Å²) in [5.41, 5.74) is 2.70. The molecule has 2 aliphatic rings. The third-order valence-corrected chi connectivity index (χ3v) is 7.52. The number of benzene rings is 2.